The fourth-order valence-electron chi connectivity index (χ4n) is 7.32. The lowest BCUT2D eigenvalue weighted by Crippen LogP contribution is -2.30. The van der Waals surface area contributed by atoms with E-state index < -0.39 is 34.2 Å². The van der Waals surface area contributed by atoms with Gasteiger partial charge in [-0.2, -0.15) is 15.8 Å². The van der Waals surface area contributed by atoms with E-state index in [0.29, 0.717) is 25.3 Å². The molecule has 65 heavy (non-hydrogen) atoms. The molecule has 11 nitrogen and oxygen atoms in total. The minimum Gasteiger partial charge on any atom is -0.481 e. The van der Waals surface area contributed by atoms with Gasteiger partial charge in [0.25, 0.3) is 0 Å². The second-order valence-electron chi connectivity index (χ2n) is 17.4. The maximum atomic E-state index is 10.6. The number of hydrogen-bond donors (Lipinski definition) is 5. The summed E-state index contributed by atoms with van der Waals surface area (Å²) in [4.78, 5) is 34.8. The fraction of sp³-hybridized carbons (Fsp3) is 0.529. The minimum atomic E-state index is -0.850. The van der Waals surface area contributed by atoms with Gasteiger partial charge in [0.15, 0.2) is 0 Å². The Morgan fingerprint density at radius 1 is 0.600 bits per heavy atom. The molecule has 7 N–H and O–H groups in total. The smallest absolute Gasteiger partial charge is 0.303 e. The molecule has 14 heteroatoms. The maximum Gasteiger partial charge on any atom is 0.303 e. The van der Waals surface area contributed by atoms with Crippen molar-refractivity contribution in [1.82, 2.24) is 0 Å². The molecule has 1 aliphatic carbocycles. The van der Waals surface area contributed by atoms with Gasteiger partial charge < -0.3 is 26.8 Å². The first-order valence-electron chi connectivity index (χ1n) is 22.3. The number of rotatable bonds is 16. The number of nitrogens with two attached hydrogens (primary N) is 2. The highest BCUT2D eigenvalue weighted by atomic mass is 32.1. The largest absolute Gasteiger partial charge is 0.481 e. The SMILES string of the molecule is CC(C)C(C#N)(CCC(=O)O)c1cccs1.CC(C)C(C#N)(CCC(=O)O)c1cccs1.CC(C)C(C#N)(CCC(=O)O)c1cccs1.Cc1ccc([C@H](C)N)cc1.NC1CCCCC1. The number of carboxylic acids is 3. The van der Waals surface area contributed by atoms with Gasteiger partial charge in [-0.1, -0.05) is 109 Å². The van der Waals surface area contributed by atoms with Crippen LogP contribution in [0, 0.1) is 58.7 Å². The Labute approximate surface area is 399 Å². The van der Waals surface area contributed by atoms with Crippen molar-refractivity contribution in [1.29, 1.82) is 15.8 Å². The molecule has 0 bridgehead atoms. The lowest BCUT2D eigenvalue weighted by Gasteiger charge is -2.29. The molecular weight excluding hydrogens is 875 g/mol. The topological polar surface area (TPSA) is 235 Å². The molecule has 5 rings (SSSR count). The van der Waals surface area contributed by atoms with Crippen molar-refractivity contribution in [3.63, 3.8) is 0 Å². The molecule has 354 valence electrons. The normalized spacial score (nSPS) is 15.4. The third-order valence-corrected chi connectivity index (χ3v) is 15.0. The molecule has 1 saturated carbocycles. The number of thiophene rings is 3. The third-order valence-electron chi connectivity index (χ3n) is 11.9. The summed E-state index contributed by atoms with van der Waals surface area (Å²) >= 11 is 4.56. The molecule has 4 aromatic rings. The number of aryl methyl sites for hydroxylation is 1. The molecule has 0 amide bonds. The quantitative estimate of drug-likeness (QED) is 0.0708. The van der Waals surface area contributed by atoms with E-state index in [2.05, 4.69) is 49.4 Å². The summed E-state index contributed by atoms with van der Waals surface area (Å²) in [5.41, 5.74) is 11.8. The van der Waals surface area contributed by atoms with E-state index in [9.17, 15) is 30.2 Å². The summed E-state index contributed by atoms with van der Waals surface area (Å²) in [6, 6.07) is 27.4. The van der Waals surface area contributed by atoms with E-state index >= 15 is 0 Å². The Balaban J connectivity index is 0.000000417. The summed E-state index contributed by atoms with van der Waals surface area (Å²) in [6.07, 6.45) is 7.87. The summed E-state index contributed by atoms with van der Waals surface area (Å²) in [6.45, 7) is 15.8. The molecule has 3 aromatic heterocycles. The Hall–Kier alpha value is -4.88. The van der Waals surface area contributed by atoms with Crippen LogP contribution in [-0.2, 0) is 30.6 Å². The standard InChI is InChI=1S/3C12H15NO2S.C9H13N.C6H13N/c3*1-9(2)12(8-13,6-5-11(14)15)10-4-3-7-16-10;1-7-3-5-9(6-4-7)8(2)10;7-6-4-2-1-3-5-6/h3*3-4,7,9H,5-6H2,1-2H3,(H,14,15);3-6,8H,10H2,1-2H3;6H,1-5,7H2/t;;;8-;/m...0./s1. The molecule has 1 aliphatic rings. The van der Waals surface area contributed by atoms with E-state index in [1.807, 2.05) is 101 Å². The second kappa shape index (κ2) is 29.6. The predicted octanol–water partition coefficient (Wildman–Crippen LogP) is 12.4. The van der Waals surface area contributed by atoms with Crippen LogP contribution in [0.25, 0.3) is 0 Å². The minimum absolute atomic E-state index is 0.0314. The zero-order valence-corrected chi connectivity index (χ0v) is 41.9. The van der Waals surface area contributed by atoms with E-state index in [4.69, 9.17) is 26.8 Å². The van der Waals surface area contributed by atoms with Gasteiger partial charge in [0.1, 0.15) is 0 Å². The molecule has 1 aromatic carbocycles. The van der Waals surface area contributed by atoms with Crippen molar-refractivity contribution in [2.24, 2.45) is 29.2 Å². The van der Waals surface area contributed by atoms with E-state index in [0.717, 1.165) is 14.6 Å². The van der Waals surface area contributed by atoms with Gasteiger partial charge >= 0.3 is 17.9 Å². The average Bonchev–Trinajstić information content (AvgIpc) is 4.10. The molecule has 4 atom stereocenters. The summed E-state index contributed by atoms with van der Waals surface area (Å²) in [5.74, 6) is -2.23. The van der Waals surface area contributed by atoms with Crippen molar-refractivity contribution in [2.45, 2.75) is 154 Å². The highest BCUT2D eigenvalue weighted by Crippen LogP contribution is 2.41. The van der Waals surface area contributed by atoms with Crippen LogP contribution in [0.2, 0.25) is 0 Å². The Bertz CT molecular complexity index is 1890. The fourth-order valence-corrected chi connectivity index (χ4v) is 10.5. The highest BCUT2D eigenvalue weighted by molar-refractivity contribution is 7.10. The van der Waals surface area contributed by atoms with Gasteiger partial charge in [-0.05, 0) is 104 Å². The first kappa shape index (κ1) is 58.1. The first-order valence-corrected chi connectivity index (χ1v) is 24.9. The maximum absolute atomic E-state index is 10.6. The van der Waals surface area contributed by atoms with Crippen LogP contribution in [0.1, 0.15) is 151 Å². The van der Waals surface area contributed by atoms with Crippen molar-refractivity contribution in [3.05, 3.63) is 103 Å². The van der Waals surface area contributed by atoms with Crippen LogP contribution in [0.3, 0.4) is 0 Å². The van der Waals surface area contributed by atoms with Crippen LogP contribution < -0.4 is 11.5 Å². The van der Waals surface area contributed by atoms with Crippen LogP contribution in [-0.4, -0.2) is 39.3 Å². The molecule has 1 fully saturated rings. The zero-order chi connectivity index (χ0) is 49.2. The van der Waals surface area contributed by atoms with E-state index in [-0.39, 0.29) is 43.1 Å². The lowest BCUT2D eigenvalue weighted by molar-refractivity contribution is -0.138. The molecule has 0 radical (unpaired) electrons. The summed E-state index contributed by atoms with van der Waals surface area (Å²) in [5, 5.41) is 60.2. The van der Waals surface area contributed by atoms with Gasteiger partial charge in [-0.3, -0.25) is 14.4 Å². The van der Waals surface area contributed by atoms with Crippen molar-refractivity contribution >= 4 is 51.9 Å². The molecule has 0 aliphatic heterocycles. The number of benzene rings is 1. The highest BCUT2D eigenvalue weighted by Gasteiger charge is 2.39. The van der Waals surface area contributed by atoms with Crippen molar-refractivity contribution < 1.29 is 29.7 Å². The lowest BCUT2D eigenvalue weighted by atomic mass is 9.74. The van der Waals surface area contributed by atoms with Crippen molar-refractivity contribution in [3.8, 4) is 18.2 Å². The number of carbonyl (C=O) groups is 3. The second-order valence-corrected chi connectivity index (χ2v) is 20.3. The zero-order valence-electron chi connectivity index (χ0n) is 39.5. The summed E-state index contributed by atoms with van der Waals surface area (Å²) < 4.78 is 0. The van der Waals surface area contributed by atoms with E-state index in [1.54, 1.807) is 0 Å². The number of nitrogens with zero attached hydrogens (tertiary/aromatic N) is 3. The van der Waals surface area contributed by atoms with Crippen LogP contribution in [0.4, 0.5) is 0 Å². The van der Waals surface area contributed by atoms with Gasteiger partial charge in [0, 0.05) is 46.0 Å². The third kappa shape index (κ3) is 18.9. The van der Waals surface area contributed by atoms with Gasteiger partial charge in [-0.15, -0.1) is 34.0 Å². The Kier molecular flexibility index (Phi) is 26.5. The average molecular weight is 946 g/mol. The molecule has 3 heterocycles. The monoisotopic (exact) mass is 945 g/mol. The first-order chi connectivity index (χ1) is 30.7. The number of aliphatic carboxylic acids is 3. The van der Waals surface area contributed by atoms with Crippen LogP contribution >= 0.6 is 34.0 Å². The van der Waals surface area contributed by atoms with Gasteiger partial charge in [0.2, 0.25) is 0 Å². The van der Waals surface area contributed by atoms with Crippen LogP contribution in [0.5, 0.6) is 0 Å². The number of nitriles is 3. The molecule has 0 saturated heterocycles. The summed E-state index contributed by atoms with van der Waals surface area (Å²) in [7, 11) is 0. The molecule has 0 spiro atoms. The van der Waals surface area contributed by atoms with Crippen LogP contribution in [0.15, 0.2) is 76.8 Å². The van der Waals surface area contributed by atoms with E-state index in [1.165, 1.54) is 77.2 Å². The van der Waals surface area contributed by atoms with Crippen molar-refractivity contribution in [2.75, 3.05) is 0 Å². The van der Waals surface area contributed by atoms with Gasteiger partial charge in [-0.25, -0.2) is 0 Å². The molecular formula is C51H71N5O6S3. The molecule has 3 unspecified atom stereocenters. The van der Waals surface area contributed by atoms with Gasteiger partial charge in [0.05, 0.1) is 34.5 Å². The Morgan fingerprint density at radius 3 is 1.09 bits per heavy atom. The number of carboxylic acid groups (broad SMARTS) is 3. The number of hydrogen-bond acceptors (Lipinski definition) is 11. The predicted molar refractivity (Wildman–Crippen MR) is 265 cm³/mol. The Morgan fingerprint density at radius 2 is 0.908 bits per heavy atom.